The molecule has 1 heteroatoms. The Kier molecular flexibility index (Phi) is 2.60. The highest BCUT2D eigenvalue weighted by atomic mass is 14.6. The maximum absolute atomic E-state index is 6.06. The van der Waals surface area contributed by atoms with Gasteiger partial charge in [-0.05, 0) is 47.9 Å². The topological polar surface area (TPSA) is 26.0 Å². The van der Waals surface area contributed by atoms with Crippen molar-refractivity contribution in [2.75, 3.05) is 0 Å². The first kappa shape index (κ1) is 9.72. The van der Waals surface area contributed by atoms with Crippen molar-refractivity contribution in [2.24, 2.45) is 5.73 Å². The van der Waals surface area contributed by atoms with E-state index in [1.165, 1.54) is 17.5 Å². The first-order valence-electron chi connectivity index (χ1n) is 5.67. The minimum atomic E-state index is 0.293. The van der Waals surface area contributed by atoms with E-state index >= 15 is 0 Å². The summed E-state index contributed by atoms with van der Waals surface area (Å²) in [5.41, 5.74) is 12.1. The number of hydrogen-bond donors (Lipinski definition) is 1. The van der Waals surface area contributed by atoms with Gasteiger partial charge in [0.25, 0.3) is 0 Å². The van der Waals surface area contributed by atoms with Crippen molar-refractivity contribution >= 4 is 0 Å². The number of fused-ring (bicyclic) bond motifs is 1. The molecule has 0 aliphatic heterocycles. The van der Waals surface area contributed by atoms with Gasteiger partial charge in [-0.15, -0.1) is 0 Å². The molecule has 0 saturated heterocycles. The zero-order valence-corrected chi connectivity index (χ0v) is 9.14. The predicted octanol–water partition coefficient (Wildman–Crippen LogP) is 2.76. The lowest BCUT2D eigenvalue weighted by Crippen LogP contribution is -2.06. The van der Waals surface area contributed by atoms with Crippen LogP contribution in [0.15, 0.2) is 12.1 Å². The van der Waals surface area contributed by atoms with Gasteiger partial charge < -0.3 is 5.73 Å². The number of aryl methyl sites for hydroxylation is 1. The van der Waals surface area contributed by atoms with Gasteiger partial charge in [0.15, 0.2) is 0 Å². The fourth-order valence-electron chi connectivity index (χ4n) is 2.63. The van der Waals surface area contributed by atoms with Crippen LogP contribution in [0.2, 0.25) is 0 Å². The maximum atomic E-state index is 6.06. The lowest BCUT2D eigenvalue weighted by atomic mass is 9.94. The molecule has 0 radical (unpaired) electrons. The molecule has 2 rings (SSSR count). The Morgan fingerprint density at radius 1 is 1.29 bits per heavy atom. The fraction of sp³-hybridized carbons (Fsp3) is 0.538. The van der Waals surface area contributed by atoms with Gasteiger partial charge in [-0.3, -0.25) is 0 Å². The molecular formula is C13H19N. The third-order valence-corrected chi connectivity index (χ3v) is 3.40. The number of nitrogens with two attached hydrogens (primary N) is 1. The molecule has 2 N–H and O–H groups in total. The van der Waals surface area contributed by atoms with Crippen molar-refractivity contribution in [1.29, 1.82) is 0 Å². The SMILES string of the molecule is CCc1ccc2c(c1CC)CCC2N. The summed E-state index contributed by atoms with van der Waals surface area (Å²) < 4.78 is 0. The van der Waals surface area contributed by atoms with Gasteiger partial charge in [0, 0.05) is 6.04 Å². The molecule has 76 valence electrons. The van der Waals surface area contributed by atoms with Crippen molar-refractivity contribution in [3.8, 4) is 0 Å². The molecule has 0 heterocycles. The minimum absolute atomic E-state index is 0.293. The molecule has 0 amide bonds. The van der Waals surface area contributed by atoms with Gasteiger partial charge in [-0.25, -0.2) is 0 Å². The molecule has 14 heavy (non-hydrogen) atoms. The van der Waals surface area contributed by atoms with E-state index in [9.17, 15) is 0 Å². The highest BCUT2D eigenvalue weighted by Gasteiger charge is 2.21. The van der Waals surface area contributed by atoms with Crippen molar-refractivity contribution in [3.05, 3.63) is 34.4 Å². The van der Waals surface area contributed by atoms with E-state index in [0.29, 0.717) is 6.04 Å². The summed E-state index contributed by atoms with van der Waals surface area (Å²) >= 11 is 0. The van der Waals surface area contributed by atoms with Crippen molar-refractivity contribution in [3.63, 3.8) is 0 Å². The third kappa shape index (κ3) is 1.36. The molecule has 0 saturated carbocycles. The van der Waals surface area contributed by atoms with Crippen LogP contribution in [0.25, 0.3) is 0 Å². The maximum Gasteiger partial charge on any atom is 0.0300 e. The molecule has 1 aromatic rings. The van der Waals surface area contributed by atoms with Gasteiger partial charge in [-0.1, -0.05) is 26.0 Å². The van der Waals surface area contributed by atoms with Crippen molar-refractivity contribution in [2.45, 2.75) is 45.6 Å². The molecular weight excluding hydrogens is 170 g/mol. The van der Waals surface area contributed by atoms with Crippen LogP contribution in [0.1, 0.15) is 48.6 Å². The normalized spacial score (nSPS) is 19.8. The summed E-state index contributed by atoms with van der Waals surface area (Å²) in [5, 5.41) is 0. The largest absolute Gasteiger partial charge is 0.324 e. The molecule has 0 aromatic heterocycles. The Bertz CT molecular complexity index is 341. The van der Waals surface area contributed by atoms with E-state index in [0.717, 1.165) is 19.3 Å². The third-order valence-electron chi connectivity index (χ3n) is 3.40. The standard InChI is InChI=1S/C13H19N/c1-3-9-5-6-12-11(10(9)4-2)7-8-13(12)14/h5-6,13H,3-4,7-8,14H2,1-2H3. The number of rotatable bonds is 2. The average molecular weight is 189 g/mol. The minimum Gasteiger partial charge on any atom is -0.324 e. The summed E-state index contributed by atoms with van der Waals surface area (Å²) in [7, 11) is 0. The van der Waals surface area contributed by atoms with Gasteiger partial charge in [0.1, 0.15) is 0 Å². The lowest BCUT2D eigenvalue weighted by molar-refractivity contribution is 0.713. The van der Waals surface area contributed by atoms with E-state index in [-0.39, 0.29) is 0 Å². The van der Waals surface area contributed by atoms with Crippen LogP contribution in [0.4, 0.5) is 0 Å². The Hall–Kier alpha value is -0.820. The van der Waals surface area contributed by atoms with Crippen molar-refractivity contribution < 1.29 is 0 Å². The Morgan fingerprint density at radius 3 is 2.71 bits per heavy atom. The highest BCUT2D eigenvalue weighted by molar-refractivity contribution is 5.45. The van der Waals surface area contributed by atoms with E-state index in [4.69, 9.17) is 5.73 Å². The van der Waals surface area contributed by atoms with E-state index < -0.39 is 0 Å². The zero-order valence-electron chi connectivity index (χ0n) is 9.14. The van der Waals surface area contributed by atoms with Gasteiger partial charge >= 0.3 is 0 Å². The van der Waals surface area contributed by atoms with E-state index in [2.05, 4.69) is 26.0 Å². The summed E-state index contributed by atoms with van der Waals surface area (Å²) in [4.78, 5) is 0. The van der Waals surface area contributed by atoms with Crippen LogP contribution in [0.3, 0.4) is 0 Å². The van der Waals surface area contributed by atoms with E-state index in [1.54, 1.807) is 11.1 Å². The van der Waals surface area contributed by atoms with Crippen molar-refractivity contribution in [1.82, 2.24) is 0 Å². The number of hydrogen-bond acceptors (Lipinski definition) is 1. The summed E-state index contributed by atoms with van der Waals surface area (Å²) in [6.45, 7) is 4.48. The molecule has 0 spiro atoms. The second kappa shape index (κ2) is 3.74. The first-order chi connectivity index (χ1) is 6.77. The van der Waals surface area contributed by atoms with Crippen LogP contribution in [0, 0.1) is 0 Å². The Morgan fingerprint density at radius 2 is 2.07 bits per heavy atom. The number of benzene rings is 1. The summed E-state index contributed by atoms with van der Waals surface area (Å²) in [6, 6.07) is 4.80. The highest BCUT2D eigenvalue weighted by Crippen LogP contribution is 2.33. The quantitative estimate of drug-likeness (QED) is 0.760. The van der Waals surface area contributed by atoms with Crippen LogP contribution in [0.5, 0.6) is 0 Å². The van der Waals surface area contributed by atoms with Gasteiger partial charge in [-0.2, -0.15) is 0 Å². The Labute approximate surface area is 86.3 Å². The van der Waals surface area contributed by atoms with Crippen LogP contribution < -0.4 is 5.73 Å². The fourth-order valence-corrected chi connectivity index (χ4v) is 2.63. The molecule has 0 bridgehead atoms. The smallest absolute Gasteiger partial charge is 0.0300 e. The van der Waals surface area contributed by atoms with Gasteiger partial charge in [0.05, 0.1) is 0 Å². The van der Waals surface area contributed by atoms with Crippen LogP contribution in [-0.2, 0) is 19.3 Å². The van der Waals surface area contributed by atoms with Crippen LogP contribution >= 0.6 is 0 Å². The van der Waals surface area contributed by atoms with Gasteiger partial charge in [0.2, 0.25) is 0 Å². The molecule has 1 nitrogen and oxygen atoms in total. The first-order valence-corrected chi connectivity index (χ1v) is 5.67. The second-order valence-electron chi connectivity index (χ2n) is 4.12. The second-order valence-corrected chi connectivity index (χ2v) is 4.12. The molecule has 1 unspecified atom stereocenters. The average Bonchev–Trinajstić information content (AvgIpc) is 2.59. The monoisotopic (exact) mass is 189 g/mol. The molecule has 0 fully saturated rings. The molecule has 1 aliphatic rings. The predicted molar refractivity (Wildman–Crippen MR) is 60.4 cm³/mol. The summed E-state index contributed by atoms with van der Waals surface area (Å²) in [5.74, 6) is 0. The zero-order chi connectivity index (χ0) is 10.1. The van der Waals surface area contributed by atoms with E-state index in [1.807, 2.05) is 0 Å². The molecule has 1 aliphatic carbocycles. The summed E-state index contributed by atoms with van der Waals surface area (Å²) in [6.07, 6.45) is 4.62. The molecule has 1 aromatic carbocycles. The van der Waals surface area contributed by atoms with Crippen LogP contribution in [-0.4, -0.2) is 0 Å². The molecule has 1 atom stereocenters. The Balaban J connectivity index is 2.54. The lowest BCUT2D eigenvalue weighted by Gasteiger charge is -2.12.